The predicted octanol–water partition coefficient (Wildman–Crippen LogP) is 4.52. The second-order valence-electron chi connectivity index (χ2n) is 4.49. The van der Waals surface area contributed by atoms with Gasteiger partial charge in [-0.05, 0) is 18.1 Å². The number of Topliss-reactive ketones (excluding diaryl/α,β-unsaturated/α-hetero) is 1. The first-order valence-corrected chi connectivity index (χ1v) is 6.21. The van der Waals surface area contributed by atoms with Crippen LogP contribution in [0.4, 0.5) is 13.2 Å². The zero-order valence-electron chi connectivity index (χ0n) is 10.7. The minimum Gasteiger partial charge on any atom is -0.294 e. The standard InChI is InChI=1S/C16H13F3O/c17-16(18,19)14-8-4-5-12(11-14)9-10-15(20)13-6-2-1-3-7-13/h1-8,11H,9-10H2. The van der Waals surface area contributed by atoms with Crippen molar-refractivity contribution in [1.29, 1.82) is 0 Å². The van der Waals surface area contributed by atoms with E-state index >= 15 is 0 Å². The van der Waals surface area contributed by atoms with Crippen molar-refractivity contribution < 1.29 is 18.0 Å². The summed E-state index contributed by atoms with van der Waals surface area (Å²) in [5.74, 6) is -0.0667. The third-order valence-corrected chi connectivity index (χ3v) is 2.99. The second-order valence-corrected chi connectivity index (χ2v) is 4.49. The van der Waals surface area contributed by atoms with Gasteiger partial charge < -0.3 is 0 Å². The van der Waals surface area contributed by atoms with Gasteiger partial charge in [-0.2, -0.15) is 13.2 Å². The molecule has 2 aromatic carbocycles. The molecule has 0 heterocycles. The summed E-state index contributed by atoms with van der Waals surface area (Å²) in [6.45, 7) is 0. The highest BCUT2D eigenvalue weighted by atomic mass is 19.4. The Hall–Kier alpha value is -2.10. The molecule has 2 aromatic rings. The van der Waals surface area contributed by atoms with E-state index in [-0.39, 0.29) is 12.2 Å². The molecule has 0 aromatic heterocycles. The zero-order valence-corrected chi connectivity index (χ0v) is 10.7. The van der Waals surface area contributed by atoms with Crippen LogP contribution in [-0.4, -0.2) is 5.78 Å². The molecular weight excluding hydrogens is 265 g/mol. The number of ketones is 1. The van der Waals surface area contributed by atoms with Gasteiger partial charge in [-0.1, -0.05) is 48.5 Å². The van der Waals surface area contributed by atoms with Crippen molar-refractivity contribution in [2.75, 3.05) is 0 Å². The van der Waals surface area contributed by atoms with Gasteiger partial charge in [-0.15, -0.1) is 0 Å². The van der Waals surface area contributed by atoms with Crippen molar-refractivity contribution in [3.05, 3.63) is 71.3 Å². The van der Waals surface area contributed by atoms with Crippen LogP contribution >= 0.6 is 0 Å². The normalized spacial score (nSPS) is 11.3. The van der Waals surface area contributed by atoms with Crippen LogP contribution in [0.25, 0.3) is 0 Å². The molecule has 0 unspecified atom stereocenters. The van der Waals surface area contributed by atoms with Crippen molar-refractivity contribution >= 4 is 5.78 Å². The van der Waals surface area contributed by atoms with Gasteiger partial charge in [-0.3, -0.25) is 4.79 Å². The molecule has 0 saturated heterocycles. The molecule has 0 radical (unpaired) electrons. The number of carbonyl (C=O) groups excluding carboxylic acids is 1. The third kappa shape index (κ3) is 3.70. The van der Waals surface area contributed by atoms with Gasteiger partial charge in [0.2, 0.25) is 0 Å². The van der Waals surface area contributed by atoms with Gasteiger partial charge in [0.15, 0.2) is 5.78 Å². The quantitative estimate of drug-likeness (QED) is 0.751. The highest BCUT2D eigenvalue weighted by molar-refractivity contribution is 5.96. The Morgan fingerprint density at radius 2 is 1.65 bits per heavy atom. The topological polar surface area (TPSA) is 17.1 Å². The second kappa shape index (κ2) is 5.90. The summed E-state index contributed by atoms with van der Waals surface area (Å²) >= 11 is 0. The van der Waals surface area contributed by atoms with Crippen molar-refractivity contribution in [3.63, 3.8) is 0 Å². The molecule has 0 spiro atoms. The number of benzene rings is 2. The zero-order chi connectivity index (χ0) is 14.6. The molecule has 4 heteroatoms. The van der Waals surface area contributed by atoms with Gasteiger partial charge in [0.05, 0.1) is 5.56 Å². The lowest BCUT2D eigenvalue weighted by Gasteiger charge is -2.08. The SMILES string of the molecule is O=C(CCc1cccc(C(F)(F)F)c1)c1ccccc1. The molecule has 0 N–H and O–H groups in total. The summed E-state index contributed by atoms with van der Waals surface area (Å²) in [4.78, 5) is 11.9. The fraction of sp³-hybridized carbons (Fsp3) is 0.188. The Bertz CT molecular complexity index is 588. The molecule has 1 nitrogen and oxygen atoms in total. The summed E-state index contributed by atoms with van der Waals surface area (Å²) in [6.07, 6.45) is -3.84. The van der Waals surface area contributed by atoms with Crippen molar-refractivity contribution in [1.82, 2.24) is 0 Å². The van der Waals surface area contributed by atoms with E-state index in [9.17, 15) is 18.0 Å². The Labute approximate surface area is 115 Å². The van der Waals surface area contributed by atoms with Crippen LogP contribution in [0, 0.1) is 0 Å². The van der Waals surface area contributed by atoms with Crippen LogP contribution in [0.15, 0.2) is 54.6 Å². The predicted molar refractivity (Wildman–Crippen MR) is 70.5 cm³/mol. The van der Waals surface area contributed by atoms with Crippen LogP contribution in [0.2, 0.25) is 0 Å². The van der Waals surface area contributed by atoms with E-state index in [1.165, 1.54) is 6.07 Å². The number of alkyl halides is 3. The van der Waals surface area contributed by atoms with E-state index in [1.54, 1.807) is 30.3 Å². The maximum atomic E-state index is 12.6. The molecule has 2 rings (SSSR count). The van der Waals surface area contributed by atoms with E-state index in [1.807, 2.05) is 6.07 Å². The van der Waals surface area contributed by atoms with E-state index in [2.05, 4.69) is 0 Å². The Morgan fingerprint density at radius 3 is 2.30 bits per heavy atom. The number of halogens is 3. The first-order chi connectivity index (χ1) is 9.47. The molecule has 0 bridgehead atoms. The Kier molecular flexibility index (Phi) is 4.23. The lowest BCUT2D eigenvalue weighted by molar-refractivity contribution is -0.137. The minimum atomic E-state index is -4.35. The molecule has 0 aliphatic carbocycles. The first-order valence-electron chi connectivity index (χ1n) is 6.21. The monoisotopic (exact) mass is 278 g/mol. The average Bonchev–Trinajstić information content (AvgIpc) is 2.45. The molecular formula is C16H13F3O. The van der Waals surface area contributed by atoms with E-state index in [0.29, 0.717) is 17.5 Å². The number of hydrogen-bond donors (Lipinski definition) is 0. The molecule has 0 aliphatic heterocycles. The highest BCUT2D eigenvalue weighted by Gasteiger charge is 2.30. The minimum absolute atomic E-state index is 0.0667. The van der Waals surface area contributed by atoms with Crippen molar-refractivity contribution in [2.45, 2.75) is 19.0 Å². The van der Waals surface area contributed by atoms with Gasteiger partial charge in [-0.25, -0.2) is 0 Å². The third-order valence-electron chi connectivity index (χ3n) is 2.99. The Morgan fingerprint density at radius 1 is 0.950 bits per heavy atom. The molecule has 20 heavy (non-hydrogen) atoms. The lowest BCUT2D eigenvalue weighted by atomic mass is 10.0. The first kappa shape index (κ1) is 14.3. The maximum absolute atomic E-state index is 12.6. The average molecular weight is 278 g/mol. The van der Waals surface area contributed by atoms with Gasteiger partial charge in [0.1, 0.15) is 0 Å². The lowest BCUT2D eigenvalue weighted by Crippen LogP contribution is -2.06. The van der Waals surface area contributed by atoms with Crippen LogP contribution < -0.4 is 0 Å². The summed E-state index contributed by atoms with van der Waals surface area (Å²) in [6, 6.07) is 13.8. The summed E-state index contributed by atoms with van der Waals surface area (Å²) in [5, 5.41) is 0. The molecule has 104 valence electrons. The highest BCUT2D eigenvalue weighted by Crippen LogP contribution is 2.29. The van der Waals surface area contributed by atoms with Gasteiger partial charge in [0.25, 0.3) is 0 Å². The fourth-order valence-corrected chi connectivity index (χ4v) is 1.93. The summed E-state index contributed by atoms with van der Waals surface area (Å²) < 4.78 is 37.7. The largest absolute Gasteiger partial charge is 0.416 e. The van der Waals surface area contributed by atoms with Crippen LogP contribution in [0.5, 0.6) is 0 Å². The number of aryl methyl sites for hydroxylation is 1. The van der Waals surface area contributed by atoms with E-state index in [4.69, 9.17) is 0 Å². The summed E-state index contributed by atoms with van der Waals surface area (Å²) in [5.41, 5.74) is 0.422. The van der Waals surface area contributed by atoms with Crippen molar-refractivity contribution in [2.24, 2.45) is 0 Å². The molecule has 0 saturated carbocycles. The fourth-order valence-electron chi connectivity index (χ4n) is 1.93. The molecule has 0 amide bonds. The molecule has 0 atom stereocenters. The van der Waals surface area contributed by atoms with Gasteiger partial charge >= 0.3 is 6.18 Å². The van der Waals surface area contributed by atoms with Crippen molar-refractivity contribution in [3.8, 4) is 0 Å². The number of rotatable bonds is 4. The number of carbonyl (C=O) groups is 1. The van der Waals surface area contributed by atoms with E-state index < -0.39 is 11.7 Å². The number of hydrogen-bond acceptors (Lipinski definition) is 1. The van der Waals surface area contributed by atoms with Crippen LogP contribution in [0.1, 0.15) is 27.9 Å². The molecule has 0 fully saturated rings. The maximum Gasteiger partial charge on any atom is 0.416 e. The Balaban J connectivity index is 2.03. The van der Waals surface area contributed by atoms with Gasteiger partial charge in [0, 0.05) is 12.0 Å². The smallest absolute Gasteiger partial charge is 0.294 e. The van der Waals surface area contributed by atoms with E-state index in [0.717, 1.165) is 12.1 Å². The van der Waals surface area contributed by atoms with Crippen LogP contribution in [-0.2, 0) is 12.6 Å². The molecule has 0 aliphatic rings. The summed E-state index contributed by atoms with van der Waals surface area (Å²) in [7, 11) is 0. The van der Waals surface area contributed by atoms with Crippen LogP contribution in [0.3, 0.4) is 0 Å².